The Labute approximate surface area is 242 Å². The molecule has 5 rings (SSSR count). The van der Waals surface area contributed by atoms with Crippen LogP contribution >= 0.6 is 0 Å². The highest BCUT2D eigenvalue weighted by Gasteiger charge is 2.72. The van der Waals surface area contributed by atoms with E-state index < -0.39 is 47.7 Å². The van der Waals surface area contributed by atoms with Crippen LogP contribution in [0.4, 0.5) is 0 Å². The summed E-state index contributed by atoms with van der Waals surface area (Å²) in [6.45, 7) is 6.02. The molecule has 4 heterocycles. The first kappa shape index (κ1) is 29.8. The molecule has 3 amide bonds. The van der Waals surface area contributed by atoms with Gasteiger partial charge in [-0.15, -0.1) is 0 Å². The highest BCUT2D eigenvalue weighted by molar-refractivity contribution is 5.99. The van der Waals surface area contributed by atoms with Crippen LogP contribution in [0.3, 0.4) is 0 Å². The normalized spacial score (nSPS) is 36.5. The number of amides is 3. The van der Waals surface area contributed by atoms with Crippen LogP contribution in [0, 0.1) is 17.8 Å². The number of allylic oxidation sites excluding steroid dienone is 1. The van der Waals surface area contributed by atoms with E-state index in [0.717, 1.165) is 32.1 Å². The maximum atomic E-state index is 14.6. The van der Waals surface area contributed by atoms with E-state index in [1.54, 1.807) is 24.0 Å². The summed E-state index contributed by atoms with van der Waals surface area (Å²) in [6.07, 6.45) is 12.2. The van der Waals surface area contributed by atoms with Gasteiger partial charge in [0.1, 0.15) is 23.7 Å². The minimum absolute atomic E-state index is 0.0788. The third kappa shape index (κ3) is 5.57. The lowest BCUT2D eigenvalue weighted by atomic mass is 9.77. The van der Waals surface area contributed by atoms with Crippen molar-refractivity contribution in [3.05, 3.63) is 24.3 Å². The largest absolute Gasteiger partial charge is 0.460 e. The molecule has 3 fully saturated rings. The molecule has 0 aromatic rings. The number of cyclic esters (lactones) is 1. The van der Waals surface area contributed by atoms with E-state index in [-0.39, 0.29) is 49.3 Å². The maximum Gasteiger partial charge on any atom is 0.313 e. The van der Waals surface area contributed by atoms with Crippen LogP contribution in [-0.4, -0.2) is 94.2 Å². The fourth-order valence-electron chi connectivity index (χ4n) is 7.55. The first-order valence-corrected chi connectivity index (χ1v) is 15.4. The minimum atomic E-state index is -1.38. The van der Waals surface area contributed by atoms with Crippen molar-refractivity contribution >= 4 is 23.7 Å². The highest BCUT2D eigenvalue weighted by atomic mass is 16.6. The Bertz CT molecular complexity index is 1080. The maximum absolute atomic E-state index is 14.6. The van der Waals surface area contributed by atoms with E-state index in [0.29, 0.717) is 19.4 Å². The number of nitrogens with one attached hydrogen (secondary N) is 1. The van der Waals surface area contributed by atoms with Crippen molar-refractivity contribution in [3.8, 4) is 0 Å². The van der Waals surface area contributed by atoms with E-state index >= 15 is 0 Å². The van der Waals surface area contributed by atoms with Crippen LogP contribution in [0.5, 0.6) is 0 Å². The number of carbonyl (C=O) groups excluding carboxylic acids is 4. The zero-order valence-electron chi connectivity index (χ0n) is 24.5. The molecule has 10 heteroatoms. The van der Waals surface area contributed by atoms with E-state index in [2.05, 4.69) is 5.32 Å². The van der Waals surface area contributed by atoms with Crippen LogP contribution in [0.1, 0.15) is 72.1 Å². The van der Waals surface area contributed by atoms with Gasteiger partial charge in [-0.05, 0) is 38.5 Å². The van der Waals surface area contributed by atoms with Crippen LogP contribution in [0.2, 0.25) is 0 Å². The predicted molar refractivity (Wildman–Crippen MR) is 150 cm³/mol. The second kappa shape index (κ2) is 12.3. The van der Waals surface area contributed by atoms with Crippen LogP contribution < -0.4 is 5.32 Å². The number of esters is 1. The molecule has 0 aromatic carbocycles. The lowest BCUT2D eigenvalue weighted by Gasteiger charge is -2.41. The number of nitrogens with zero attached hydrogens (tertiary/aromatic N) is 2. The first-order valence-electron chi connectivity index (χ1n) is 15.4. The van der Waals surface area contributed by atoms with Crippen molar-refractivity contribution in [2.45, 2.75) is 108 Å². The van der Waals surface area contributed by atoms with Crippen LogP contribution in [-0.2, 0) is 28.7 Å². The van der Waals surface area contributed by atoms with Gasteiger partial charge in [-0.1, -0.05) is 57.4 Å². The Morgan fingerprint density at radius 3 is 2.56 bits per heavy atom. The van der Waals surface area contributed by atoms with Gasteiger partial charge in [0.2, 0.25) is 17.7 Å². The summed E-state index contributed by atoms with van der Waals surface area (Å²) in [5.74, 6) is -3.05. The van der Waals surface area contributed by atoms with Crippen LogP contribution in [0.25, 0.3) is 0 Å². The van der Waals surface area contributed by atoms with Gasteiger partial charge in [-0.2, -0.15) is 0 Å². The molecule has 7 atom stereocenters. The monoisotopic (exact) mass is 571 g/mol. The van der Waals surface area contributed by atoms with E-state index in [1.807, 2.05) is 30.9 Å². The average Bonchev–Trinajstić information content (AvgIpc) is 3.33. The second-order valence-corrected chi connectivity index (χ2v) is 12.8. The van der Waals surface area contributed by atoms with Crippen molar-refractivity contribution < 1.29 is 33.8 Å². The Kier molecular flexibility index (Phi) is 8.90. The Balaban J connectivity index is 1.59. The summed E-state index contributed by atoms with van der Waals surface area (Å²) in [5.41, 5.74) is -1.38. The summed E-state index contributed by atoms with van der Waals surface area (Å²) in [4.78, 5) is 58.5. The molecule has 4 aliphatic heterocycles. The third-order valence-electron chi connectivity index (χ3n) is 9.37. The lowest BCUT2D eigenvalue weighted by Crippen LogP contribution is -2.59. The van der Waals surface area contributed by atoms with Crippen molar-refractivity contribution in [2.24, 2.45) is 17.8 Å². The molecular weight excluding hydrogens is 526 g/mol. The summed E-state index contributed by atoms with van der Waals surface area (Å²) in [5, 5.41) is 13.3. The first-order chi connectivity index (χ1) is 19.7. The number of hydrogen-bond acceptors (Lipinski definition) is 7. The highest BCUT2D eigenvalue weighted by Crippen LogP contribution is 2.54. The van der Waals surface area contributed by atoms with E-state index in [9.17, 15) is 24.3 Å². The minimum Gasteiger partial charge on any atom is -0.460 e. The molecular formula is C31H45N3O7. The molecule has 1 spiro atoms. The molecule has 0 unspecified atom stereocenters. The molecule has 0 radical (unpaired) electrons. The molecule has 226 valence electrons. The number of aliphatic hydroxyl groups is 1. The van der Waals surface area contributed by atoms with Crippen molar-refractivity contribution in [1.82, 2.24) is 15.1 Å². The molecule has 5 aliphatic rings. The molecule has 41 heavy (non-hydrogen) atoms. The number of aliphatic hydroxyl groups excluding tert-OH is 1. The molecule has 0 aromatic heterocycles. The quantitative estimate of drug-likeness (QED) is 0.382. The zero-order valence-corrected chi connectivity index (χ0v) is 24.5. The fourth-order valence-corrected chi connectivity index (χ4v) is 7.55. The summed E-state index contributed by atoms with van der Waals surface area (Å²) in [6, 6.07) is -1.51. The Morgan fingerprint density at radius 1 is 1.10 bits per heavy atom. The van der Waals surface area contributed by atoms with Gasteiger partial charge in [0.15, 0.2) is 0 Å². The number of ether oxygens (including phenoxy) is 2. The van der Waals surface area contributed by atoms with Gasteiger partial charge in [0.05, 0.1) is 31.2 Å². The SMILES string of the molecule is CC(C)C[C@H](CO)N1C(=O)[C@@H]2[C@H]3C(=O)O[C@H](C)CNC(=O)CC/C=C\[C@H]3O[C@@]23C=CCN(C2CCCCC2)C(=O)[C@@H]13. The fraction of sp³-hybridized carbons (Fsp3) is 0.742. The molecule has 1 aliphatic carbocycles. The standard InChI is InChI=1S/C31H45N3O7/c1-19(2)16-22(18-35)34-27-29(38)33(21-10-5-4-6-11-21)15-9-14-31(27)26(28(34)37)25-23(41-31)12-7-8-13-24(36)32-17-20(3)40-30(25)39/h7,9,12,14,19-23,25-27,35H,4-6,8,10-11,13,15-18H2,1-3H3,(H,32,36)/b12-7-/t20-,22-,23-,25+,26+,27-,31+/m1/s1. The van der Waals surface area contributed by atoms with Crippen LogP contribution in [0.15, 0.2) is 24.3 Å². The summed E-state index contributed by atoms with van der Waals surface area (Å²) in [7, 11) is 0. The second-order valence-electron chi connectivity index (χ2n) is 12.8. The van der Waals surface area contributed by atoms with Gasteiger partial charge >= 0.3 is 5.97 Å². The lowest BCUT2D eigenvalue weighted by molar-refractivity contribution is -0.160. The van der Waals surface area contributed by atoms with Gasteiger partial charge in [-0.3, -0.25) is 19.2 Å². The number of fused-ring (bicyclic) bond motifs is 2. The predicted octanol–water partition coefficient (Wildman–Crippen LogP) is 2.10. The van der Waals surface area contributed by atoms with Crippen molar-refractivity contribution in [3.63, 3.8) is 0 Å². The van der Waals surface area contributed by atoms with Gasteiger partial charge in [0.25, 0.3) is 0 Å². The Hall–Kier alpha value is -2.72. The molecule has 2 N–H and O–H groups in total. The number of hydrogen-bond donors (Lipinski definition) is 2. The number of rotatable bonds is 5. The summed E-state index contributed by atoms with van der Waals surface area (Å²) >= 11 is 0. The van der Waals surface area contributed by atoms with Gasteiger partial charge < -0.3 is 29.7 Å². The zero-order chi connectivity index (χ0) is 29.3. The molecule has 2 saturated heterocycles. The Morgan fingerprint density at radius 2 is 1.85 bits per heavy atom. The third-order valence-corrected chi connectivity index (χ3v) is 9.37. The number of carbonyl (C=O) groups is 4. The molecule has 10 nitrogen and oxygen atoms in total. The summed E-state index contributed by atoms with van der Waals surface area (Å²) < 4.78 is 12.5. The smallest absolute Gasteiger partial charge is 0.313 e. The van der Waals surface area contributed by atoms with Crippen molar-refractivity contribution in [1.29, 1.82) is 0 Å². The van der Waals surface area contributed by atoms with Gasteiger partial charge in [-0.25, -0.2) is 0 Å². The molecule has 0 bridgehead atoms. The van der Waals surface area contributed by atoms with Crippen molar-refractivity contribution in [2.75, 3.05) is 19.7 Å². The molecule has 1 saturated carbocycles. The van der Waals surface area contributed by atoms with Gasteiger partial charge in [0, 0.05) is 19.0 Å². The van der Waals surface area contributed by atoms with E-state index in [4.69, 9.17) is 9.47 Å². The van der Waals surface area contributed by atoms with E-state index in [1.165, 1.54) is 0 Å². The number of likely N-dealkylation sites (tertiary alicyclic amines) is 1. The topological polar surface area (TPSA) is 125 Å². The average molecular weight is 572 g/mol.